The van der Waals surface area contributed by atoms with Crippen LogP contribution >= 0.6 is 0 Å². The summed E-state index contributed by atoms with van der Waals surface area (Å²) in [5.74, 6) is -2.28. The molecule has 162 valence electrons. The number of nitrogens with two attached hydrogens (primary N) is 1. The number of hydrogen-bond acceptors (Lipinski definition) is 8. The number of nitrogens with one attached hydrogen (secondary N) is 1. The maximum atomic E-state index is 12.2. The lowest BCUT2D eigenvalue weighted by Crippen LogP contribution is -2.49. The summed E-state index contributed by atoms with van der Waals surface area (Å²) in [4.78, 5) is 47.7. The Morgan fingerprint density at radius 2 is 1.29 bits per heavy atom. The van der Waals surface area contributed by atoms with Crippen molar-refractivity contribution in [2.24, 2.45) is 5.73 Å². The molecule has 0 rings (SSSR count). The molecule has 0 aromatic carbocycles. The lowest BCUT2D eigenvalue weighted by atomic mass is 10.1. The summed E-state index contributed by atoms with van der Waals surface area (Å²) in [6.07, 6.45) is -0.0516. The lowest BCUT2D eigenvalue weighted by Gasteiger charge is -2.22. The van der Waals surface area contributed by atoms with Crippen LogP contribution < -0.4 is 11.1 Å². The van der Waals surface area contributed by atoms with Crippen LogP contribution in [0.25, 0.3) is 0 Å². The number of rotatable bonds is 9. The van der Waals surface area contributed by atoms with Crippen LogP contribution in [0.15, 0.2) is 0 Å². The summed E-state index contributed by atoms with van der Waals surface area (Å²) in [6, 6.07) is -2.06. The number of esters is 3. The number of carbonyl (C=O) groups excluding carboxylic acids is 4. The Balaban J connectivity index is 4.65. The molecule has 0 saturated heterocycles. The number of carbonyl (C=O) groups is 4. The van der Waals surface area contributed by atoms with Gasteiger partial charge >= 0.3 is 17.9 Å². The van der Waals surface area contributed by atoms with Gasteiger partial charge in [-0.3, -0.25) is 14.4 Å². The molecule has 3 N–H and O–H groups in total. The number of methoxy groups -OCH3 is 1. The molecule has 9 heteroatoms. The molecular formula is C19H34N2O7. The predicted molar refractivity (Wildman–Crippen MR) is 102 cm³/mol. The highest BCUT2D eigenvalue weighted by molar-refractivity contribution is 5.88. The minimum absolute atomic E-state index is 0.00606. The highest BCUT2D eigenvalue weighted by Gasteiger charge is 2.27. The van der Waals surface area contributed by atoms with Crippen LogP contribution in [0.4, 0.5) is 0 Å². The van der Waals surface area contributed by atoms with Gasteiger partial charge < -0.3 is 25.3 Å². The van der Waals surface area contributed by atoms with E-state index >= 15 is 0 Å². The third-order valence-corrected chi connectivity index (χ3v) is 3.28. The van der Waals surface area contributed by atoms with Crippen molar-refractivity contribution in [3.8, 4) is 0 Å². The third-order valence-electron chi connectivity index (χ3n) is 3.28. The summed E-state index contributed by atoms with van der Waals surface area (Å²) >= 11 is 0. The largest absolute Gasteiger partial charge is 0.467 e. The number of hydrogen-bond donors (Lipinski definition) is 2. The van der Waals surface area contributed by atoms with Crippen molar-refractivity contribution in [2.75, 3.05) is 7.11 Å². The Kier molecular flexibility index (Phi) is 10.1. The lowest BCUT2D eigenvalue weighted by molar-refractivity contribution is -0.157. The first-order valence-electron chi connectivity index (χ1n) is 9.22. The first kappa shape index (κ1) is 25.8. The van der Waals surface area contributed by atoms with Gasteiger partial charge in [0.1, 0.15) is 17.2 Å². The van der Waals surface area contributed by atoms with Crippen LogP contribution in [-0.4, -0.2) is 54.2 Å². The van der Waals surface area contributed by atoms with E-state index < -0.39 is 47.1 Å². The monoisotopic (exact) mass is 402 g/mol. The zero-order valence-electron chi connectivity index (χ0n) is 17.9. The quantitative estimate of drug-likeness (QED) is 0.434. The summed E-state index contributed by atoms with van der Waals surface area (Å²) in [5, 5.41) is 2.46. The van der Waals surface area contributed by atoms with Crippen LogP contribution in [0, 0.1) is 0 Å². The molecule has 0 saturated carbocycles. The summed E-state index contributed by atoms with van der Waals surface area (Å²) in [6.45, 7) is 10.4. The van der Waals surface area contributed by atoms with Gasteiger partial charge in [-0.25, -0.2) is 4.79 Å². The Hall–Kier alpha value is -2.16. The van der Waals surface area contributed by atoms with Crippen molar-refractivity contribution in [3.63, 3.8) is 0 Å². The van der Waals surface area contributed by atoms with Crippen molar-refractivity contribution >= 4 is 23.8 Å². The van der Waals surface area contributed by atoms with E-state index in [4.69, 9.17) is 15.2 Å². The van der Waals surface area contributed by atoms with Crippen LogP contribution in [0.5, 0.6) is 0 Å². The maximum Gasteiger partial charge on any atom is 0.328 e. The van der Waals surface area contributed by atoms with E-state index in [1.165, 1.54) is 7.11 Å². The molecule has 0 unspecified atom stereocenters. The van der Waals surface area contributed by atoms with E-state index in [-0.39, 0.29) is 25.7 Å². The van der Waals surface area contributed by atoms with Gasteiger partial charge in [0, 0.05) is 12.8 Å². The fraction of sp³-hybridized carbons (Fsp3) is 0.789. The maximum absolute atomic E-state index is 12.2. The highest BCUT2D eigenvalue weighted by Crippen LogP contribution is 2.12. The average Bonchev–Trinajstić information content (AvgIpc) is 2.52. The van der Waals surface area contributed by atoms with Gasteiger partial charge in [-0.05, 0) is 54.4 Å². The van der Waals surface area contributed by atoms with Gasteiger partial charge in [-0.1, -0.05) is 0 Å². The van der Waals surface area contributed by atoms with Crippen LogP contribution in [0.1, 0.15) is 67.2 Å². The molecular weight excluding hydrogens is 368 g/mol. The van der Waals surface area contributed by atoms with Crippen molar-refractivity contribution in [1.29, 1.82) is 0 Å². The summed E-state index contributed by atoms with van der Waals surface area (Å²) < 4.78 is 15.0. The first-order valence-corrected chi connectivity index (χ1v) is 9.22. The molecule has 0 aromatic rings. The van der Waals surface area contributed by atoms with Crippen LogP contribution in [0.2, 0.25) is 0 Å². The zero-order valence-corrected chi connectivity index (χ0v) is 17.9. The molecule has 0 aliphatic heterocycles. The molecule has 0 aliphatic rings. The molecule has 9 nitrogen and oxygen atoms in total. The smallest absolute Gasteiger partial charge is 0.328 e. The fourth-order valence-corrected chi connectivity index (χ4v) is 2.12. The Bertz CT molecular complexity index is 562. The van der Waals surface area contributed by atoms with E-state index in [1.54, 1.807) is 41.5 Å². The van der Waals surface area contributed by atoms with Gasteiger partial charge in [-0.2, -0.15) is 0 Å². The predicted octanol–water partition coefficient (Wildman–Crippen LogP) is 1.22. The van der Waals surface area contributed by atoms with E-state index in [9.17, 15) is 19.2 Å². The molecule has 0 bridgehead atoms. The summed E-state index contributed by atoms with van der Waals surface area (Å²) in [7, 11) is 1.18. The number of ether oxygens (including phenoxy) is 3. The third kappa shape index (κ3) is 12.3. The van der Waals surface area contributed by atoms with Gasteiger partial charge in [0.15, 0.2) is 0 Å². The van der Waals surface area contributed by atoms with Gasteiger partial charge in [0.2, 0.25) is 5.91 Å². The molecule has 0 spiro atoms. The highest BCUT2D eigenvalue weighted by atomic mass is 16.6. The number of amides is 1. The normalized spacial score (nSPS) is 13.9. The molecule has 0 aliphatic carbocycles. The Labute approximate surface area is 166 Å². The second-order valence-electron chi connectivity index (χ2n) is 8.44. The molecule has 0 heterocycles. The van der Waals surface area contributed by atoms with E-state index in [0.717, 1.165) is 0 Å². The van der Waals surface area contributed by atoms with Gasteiger partial charge in [0.05, 0.1) is 13.2 Å². The first-order chi connectivity index (χ1) is 12.6. The van der Waals surface area contributed by atoms with Crippen LogP contribution in [-0.2, 0) is 33.4 Å². The Morgan fingerprint density at radius 1 is 0.857 bits per heavy atom. The van der Waals surface area contributed by atoms with Crippen molar-refractivity contribution in [3.05, 3.63) is 0 Å². The molecule has 28 heavy (non-hydrogen) atoms. The van der Waals surface area contributed by atoms with Gasteiger partial charge in [0.25, 0.3) is 0 Å². The SMILES string of the molecule is COC(=O)[C@@H](CCC(=O)OC(C)(C)C)NC(=O)[C@H](N)CCC(=O)OC(C)(C)C. The minimum atomic E-state index is -1.04. The van der Waals surface area contributed by atoms with Gasteiger partial charge in [-0.15, -0.1) is 0 Å². The Morgan fingerprint density at radius 3 is 1.68 bits per heavy atom. The van der Waals surface area contributed by atoms with Crippen LogP contribution in [0.3, 0.4) is 0 Å². The molecule has 1 amide bonds. The van der Waals surface area contributed by atoms with E-state index in [1.807, 2.05) is 0 Å². The standard InChI is InChI=1S/C19H34N2O7/c1-18(2,3)27-14(22)10-8-12(20)16(24)21-13(17(25)26-7)9-11-15(23)28-19(4,5)6/h12-13H,8-11,20H2,1-7H3,(H,21,24)/t12-,13-/m1/s1. The van der Waals surface area contributed by atoms with Crippen molar-refractivity contribution in [2.45, 2.75) is 90.5 Å². The van der Waals surface area contributed by atoms with E-state index in [0.29, 0.717) is 0 Å². The minimum Gasteiger partial charge on any atom is -0.467 e. The molecule has 0 aromatic heterocycles. The van der Waals surface area contributed by atoms with Crippen molar-refractivity contribution in [1.82, 2.24) is 5.32 Å². The average molecular weight is 402 g/mol. The summed E-state index contributed by atoms with van der Waals surface area (Å²) in [5.41, 5.74) is 4.52. The second kappa shape index (κ2) is 11.0. The zero-order chi connectivity index (χ0) is 22.1. The molecule has 2 atom stereocenters. The fourth-order valence-electron chi connectivity index (χ4n) is 2.12. The van der Waals surface area contributed by atoms with Crippen molar-refractivity contribution < 1.29 is 33.4 Å². The molecule has 0 radical (unpaired) electrons. The molecule has 0 fully saturated rings. The second-order valence-corrected chi connectivity index (χ2v) is 8.44. The van der Waals surface area contributed by atoms with E-state index in [2.05, 4.69) is 10.1 Å². The topological polar surface area (TPSA) is 134 Å².